The van der Waals surface area contributed by atoms with Crippen molar-refractivity contribution < 1.29 is 13.2 Å². The lowest BCUT2D eigenvalue weighted by atomic mass is 10.2. The molecule has 1 aromatic heterocycles. The lowest BCUT2D eigenvalue weighted by molar-refractivity contribution is 0.102. The molecule has 0 saturated carbocycles. The van der Waals surface area contributed by atoms with Crippen molar-refractivity contribution in [2.24, 2.45) is 0 Å². The largest absolute Gasteiger partial charge is 0.320 e. The molecule has 0 saturated heterocycles. The number of amides is 1. The average molecular weight is 370 g/mol. The highest BCUT2D eigenvalue weighted by Crippen LogP contribution is 2.19. The van der Waals surface area contributed by atoms with Gasteiger partial charge >= 0.3 is 0 Å². The third-order valence-electron chi connectivity index (χ3n) is 2.66. The van der Waals surface area contributed by atoms with Gasteiger partial charge in [-0.3, -0.25) is 4.79 Å². The number of carbonyl (C=O) groups excluding carboxylic acids is 1. The van der Waals surface area contributed by atoms with Gasteiger partial charge in [-0.05, 0) is 34.5 Å². The Balaban J connectivity index is 2.38. The fraction of sp³-hybridized carbons (Fsp3) is 0.154. The summed E-state index contributed by atoms with van der Waals surface area (Å²) in [5, 5.41) is 2.30. The number of halogens is 1. The van der Waals surface area contributed by atoms with Crippen molar-refractivity contribution in [3.8, 4) is 0 Å². The first-order chi connectivity index (χ1) is 9.79. The Morgan fingerprint density at radius 3 is 2.57 bits per heavy atom. The maximum atomic E-state index is 12.2. The van der Waals surface area contributed by atoms with E-state index in [2.05, 4.69) is 31.2 Å². The number of anilines is 1. The number of hydrogen-bond acceptors (Lipinski definition) is 5. The van der Waals surface area contributed by atoms with Crippen molar-refractivity contribution in [1.29, 1.82) is 0 Å². The van der Waals surface area contributed by atoms with Gasteiger partial charge in [0.2, 0.25) is 15.0 Å². The fourth-order valence-electron chi connectivity index (χ4n) is 1.58. The van der Waals surface area contributed by atoms with Crippen LogP contribution in [-0.2, 0) is 9.84 Å². The maximum absolute atomic E-state index is 12.2. The predicted octanol–water partition coefficient (Wildman–Crippen LogP) is 2.20. The molecule has 0 aliphatic heterocycles. The summed E-state index contributed by atoms with van der Waals surface area (Å²) in [4.78, 5) is 19.7. The van der Waals surface area contributed by atoms with Gasteiger partial charge in [0.1, 0.15) is 5.69 Å². The number of aromatic nitrogens is 2. The second-order valence-electron chi connectivity index (χ2n) is 4.39. The van der Waals surface area contributed by atoms with Gasteiger partial charge in [0.05, 0.1) is 4.47 Å². The van der Waals surface area contributed by atoms with Crippen LogP contribution >= 0.6 is 15.9 Å². The molecular formula is C13H12BrN3O3S. The number of aryl methyl sites for hydroxylation is 1. The number of sulfone groups is 1. The zero-order valence-electron chi connectivity index (χ0n) is 11.3. The summed E-state index contributed by atoms with van der Waals surface area (Å²) in [5.74, 6) is -0.511. The first-order valence-corrected chi connectivity index (χ1v) is 8.57. The zero-order valence-corrected chi connectivity index (χ0v) is 13.7. The van der Waals surface area contributed by atoms with E-state index in [1.807, 2.05) is 19.1 Å². The SMILES string of the molecule is Cc1ccccc1NC(=O)c1nc(S(C)(=O)=O)ncc1Br. The minimum atomic E-state index is -3.58. The quantitative estimate of drug-likeness (QED) is 0.837. The first-order valence-electron chi connectivity index (χ1n) is 5.88. The molecule has 0 aliphatic carbocycles. The number of benzene rings is 1. The van der Waals surface area contributed by atoms with E-state index in [4.69, 9.17) is 0 Å². The van der Waals surface area contributed by atoms with Crippen molar-refractivity contribution in [2.75, 3.05) is 11.6 Å². The Morgan fingerprint density at radius 2 is 1.95 bits per heavy atom. The van der Waals surface area contributed by atoms with E-state index in [0.29, 0.717) is 10.2 Å². The van der Waals surface area contributed by atoms with Gasteiger partial charge in [-0.25, -0.2) is 18.4 Å². The van der Waals surface area contributed by atoms with Crippen molar-refractivity contribution >= 4 is 37.4 Å². The van der Waals surface area contributed by atoms with Crippen molar-refractivity contribution in [3.63, 3.8) is 0 Å². The third kappa shape index (κ3) is 3.64. The Kier molecular flexibility index (Phi) is 4.38. The monoisotopic (exact) mass is 369 g/mol. The number of nitrogens with one attached hydrogen (secondary N) is 1. The molecule has 1 heterocycles. The summed E-state index contributed by atoms with van der Waals surface area (Å²) < 4.78 is 23.2. The summed E-state index contributed by atoms with van der Waals surface area (Å²) in [6.45, 7) is 1.85. The van der Waals surface area contributed by atoms with Crippen LogP contribution < -0.4 is 5.32 Å². The summed E-state index contributed by atoms with van der Waals surface area (Å²) in [7, 11) is -3.58. The Hall–Kier alpha value is -1.80. The van der Waals surface area contributed by atoms with Crippen LogP contribution in [0.1, 0.15) is 16.1 Å². The van der Waals surface area contributed by atoms with Gasteiger partial charge in [0.25, 0.3) is 5.91 Å². The molecule has 0 bridgehead atoms. The molecule has 0 unspecified atom stereocenters. The Bertz CT molecular complexity index is 806. The summed E-state index contributed by atoms with van der Waals surface area (Å²) in [5.41, 5.74) is 1.49. The van der Waals surface area contributed by atoms with E-state index < -0.39 is 15.7 Å². The van der Waals surface area contributed by atoms with Crippen molar-refractivity contribution in [3.05, 3.63) is 46.2 Å². The van der Waals surface area contributed by atoms with Crippen LogP contribution in [0.5, 0.6) is 0 Å². The van der Waals surface area contributed by atoms with E-state index in [-0.39, 0.29) is 10.9 Å². The molecule has 1 N–H and O–H groups in total. The molecule has 110 valence electrons. The number of para-hydroxylation sites is 1. The molecule has 0 aliphatic rings. The molecule has 0 fully saturated rings. The Morgan fingerprint density at radius 1 is 1.29 bits per heavy atom. The molecule has 21 heavy (non-hydrogen) atoms. The molecule has 1 amide bonds. The zero-order chi connectivity index (χ0) is 15.6. The number of carbonyl (C=O) groups is 1. The van der Waals surface area contributed by atoms with Crippen molar-refractivity contribution in [2.45, 2.75) is 12.1 Å². The van der Waals surface area contributed by atoms with Crippen LogP contribution in [0.15, 0.2) is 40.1 Å². The normalized spacial score (nSPS) is 11.2. The number of nitrogens with zero attached hydrogens (tertiary/aromatic N) is 2. The maximum Gasteiger partial charge on any atom is 0.275 e. The molecular weight excluding hydrogens is 358 g/mol. The lowest BCUT2D eigenvalue weighted by Gasteiger charge is -2.09. The van der Waals surface area contributed by atoms with Crippen LogP contribution in [0.25, 0.3) is 0 Å². The van der Waals surface area contributed by atoms with Gasteiger partial charge in [-0.1, -0.05) is 18.2 Å². The molecule has 0 radical (unpaired) electrons. The number of rotatable bonds is 3. The standard InChI is InChI=1S/C13H12BrN3O3S/c1-8-5-3-4-6-10(8)16-12(18)11-9(14)7-15-13(17-11)21(2,19)20/h3-7H,1-2H3,(H,16,18). The molecule has 0 spiro atoms. The van der Waals surface area contributed by atoms with E-state index >= 15 is 0 Å². The average Bonchev–Trinajstić information content (AvgIpc) is 2.40. The predicted molar refractivity (Wildman–Crippen MR) is 82.0 cm³/mol. The van der Waals surface area contributed by atoms with Crippen LogP contribution in [0, 0.1) is 6.92 Å². The topological polar surface area (TPSA) is 89.0 Å². The van der Waals surface area contributed by atoms with Crippen LogP contribution in [0.3, 0.4) is 0 Å². The summed E-state index contributed by atoms with van der Waals surface area (Å²) in [6.07, 6.45) is 2.23. The highest BCUT2D eigenvalue weighted by molar-refractivity contribution is 9.10. The van der Waals surface area contributed by atoms with E-state index in [9.17, 15) is 13.2 Å². The third-order valence-corrected chi connectivity index (χ3v) is 4.10. The van der Waals surface area contributed by atoms with E-state index in [1.165, 1.54) is 6.20 Å². The smallest absolute Gasteiger partial charge is 0.275 e. The molecule has 6 nitrogen and oxygen atoms in total. The van der Waals surface area contributed by atoms with Gasteiger partial charge in [0.15, 0.2) is 0 Å². The van der Waals surface area contributed by atoms with Gasteiger partial charge in [-0.2, -0.15) is 0 Å². The first kappa shape index (κ1) is 15.6. The minimum absolute atomic E-state index is 0.0336. The van der Waals surface area contributed by atoms with Gasteiger partial charge in [0, 0.05) is 18.1 Å². The highest BCUT2D eigenvalue weighted by atomic mass is 79.9. The molecule has 1 aromatic carbocycles. The number of hydrogen-bond donors (Lipinski definition) is 1. The Labute approximate surface area is 130 Å². The van der Waals surface area contributed by atoms with E-state index in [0.717, 1.165) is 11.8 Å². The molecule has 0 atom stereocenters. The van der Waals surface area contributed by atoms with Crippen LogP contribution in [0.4, 0.5) is 5.69 Å². The fourth-order valence-corrected chi connectivity index (χ4v) is 2.46. The van der Waals surface area contributed by atoms with Gasteiger partial charge in [-0.15, -0.1) is 0 Å². The highest BCUT2D eigenvalue weighted by Gasteiger charge is 2.19. The second kappa shape index (κ2) is 5.90. The van der Waals surface area contributed by atoms with Crippen LogP contribution in [0.2, 0.25) is 0 Å². The summed E-state index contributed by atoms with van der Waals surface area (Å²) >= 11 is 3.15. The van der Waals surface area contributed by atoms with Crippen molar-refractivity contribution in [1.82, 2.24) is 9.97 Å². The minimum Gasteiger partial charge on any atom is -0.320 e. The second-order valence-corrected chi connectivity index (χ2v) is 7.15. The molecule has 8 heteroatoms. The van der Waals surface area contributed by atoms with Gasteiger partial charge < -0.3 is 5.32 Å². The van der Waals surface area contributed by atoms with E-state index in [1.54, 1.807) is 12.1 Å². The molecule has 2 aromatic rings. The van der Waals surface area contributed by atoms with Crippen LogP contribution in [-0.4, -0.2) is 30.5 Å². The summed E-state index contributed by atoms with van der Waals surface area (Å²) in [6, 6.07) is 7.25. The molecule has 2 rings (SSSR count). The lowest BCUT2D eigenvalue weighted by Crippen LogP contribution is -2.17.